The Hall–Kier alpha value is -3.47. The van der Waals surface area contributed by atoms with Crippen LogP contribution in [0.25, 0.3) is 22.3 Å². The molecule has 5 rings (SSSR count). The van der Waals surface area contributed by atoms with Gasteiger partial charge in [-0.15, -0.1) is 0 Å². The number of rotatable bonds is 3. The van der Waals surface area contributed by atoms with E-state index in [0.29, 0.717) is 31.3 Å². The molecule has 5 heterocycles. The van der Waals surface area contributed by atoms with E-state index in [1.54, 1.807) is 6.20 Å². The molecule has 2 aliphatic rings. The average Bonchev–Trinajstić information content (AvgIpc) is 3.22. The second-order valence-corrected chi connectivity index (χ2v) is 8.83. The summed E-state index contributed by atoms with van der Waals surface area (Å²) < 4.78 is 5.62. The molecule has 2 aliphatic heterocycles. The number of nitrogens with one attached hydrogen (secondary N) is 1. The number of aromatic nitrogens is 5. The van der Waals surface area contributed by atoms with E-state index in [1.165, 1.54) is 4.90 Å². The molecule has 0 spiro atoms. The van der Waals surface area contributed by atoms with Gasteiger partial charge in [-0.2, -0.15) is 5.10 Å². The van der Waals surface area contributed by atoms with Gasteiger partial charge in [-0.25, -0.2) is 19.7 Å². The number of amides is 1. The summed E-state index contributed by atoms with van der Waals surface area (Å²) in [6.07, 6.45) is 2.84. The highest BCUT2D eigenvalue weighted by molar-refractivity contribution is 5.89. The van der Waals surface area contributed by atoms with Crippen molar-refractivity contribution in [2.45, 2.75) is 39.0 Å². The summed E-state index contributed by atoms with van der Waals surface area (Å²) in [5.41, 5.74) is 3.04. The van der Waals surface area contributed by atoms with E-state index in [4.69, 9.17) is 9.72 Å². The van der Waals surface area contributed by atoms with Gasteiger partial charge in [0.05, 0.1) is 18.9 Å². The molecule has 0 radical (unpaired) electrons. The first-order valence-electron chi connectivity index (χ1n) is 11.2. The summed E-state index contributed by atoms with van der Waals surface area (Å²) in [7, 11) is 0. The summed E-state index contributed by atoms with van der Waals surface area (Å²) in [5.74, 6) is 1.49. The number of nitrogens with zero attached hydrogens (tertiary/aromatic N) is 7. The highest BCUT2D eigenvalue weighted by atomic mass is 16.5. The van der Waals surface area contributed by atoms with E-state index in [0.717, 1.165) is 35.5 Å². The molecule has 3 aromatic rings. The van der Waals surface area contributed by atoms with Crippen LogP contribution < -0.4 is 9.80 Å². The van der Waals surface area contributed by atoms with E-state index in [1.807, 2.05) is 32.2 Å². The van der Waals surface area contributed by atoms with Crippen molar-refractivity contribution in [2.75, 3.05) is 42.6 Å². The lowest BCUT2D eigenvalue weighted by Crippen LogP contribution is -2.58. The van der Waals surface area contributed by atoms with Crippen molar-refractivity contribution in [2.24, 2.45) is 0 Å². The summed E-state index contributed by atoms with van der Waals surface area (Å²) >= 11 is 0. The molecule has 0 saturated carbocycles. The van der Waals surface area contributed by atoms with Gasteiger partial charge in [0.1, 0.15) is 22.5 Å². The maximum Gasteiger partial charge on any atom is 0.407 e. The summed E-state index contributed by atoms with van der Waals surface area (Å²) in [5, 5.41) is 16.9. The molecule has 2 saturated heterocycles. The molecule has 0 unspecified atom stereocenters. The third kappa shape index (κ3) is 4.04. The lowest BCUT2D eigenvalue weighted by molar-refractivity contribution is 0.0529. The molecule has 2 fully saturated rings. The number of piperazine rings is 1. The van der Waals surface area contributed by atoms with Gasteiger partial charge in [0.2, 0.25) is 5.95 Å². The summed E-state index contributed by atoms with van der Waals surface area (Å²) in [4.78, 5) is 31.2. The number of ether oxygens (including phenoxy) is 1. The third-order valence-electron chi connectivity index (χ3n) is 6.30. The van der Waals surface area contributed by atoms with Crippen LogP contribution in [0.15, 0.2) is 24.5 Å². The number of hydrogen-bond donors (Lipinski definition) is 2. The Morgan fingerprint density at radius 1 is 1.12 bits per heavy atom. The van der Waals surface area contributed by atoms with Gasteiger partial charge in [0, 0.05) is 50.0 Å². The Balaban J connectivity index is 1.42. The van der Waals surface area contributed by atoms with E-state index in [2.05, 4.69) is 36.9 Å². The zero-order chi connectivity index (χ0) is 23.1. The van der Waals surface area contributed by atoms with E-state index < -0.39 is 6.09 Å². The molecule has 2 N–H and O–H groups in total. The highest BCUT2D eigenvalue weighted by Gasteiger charge is 2.33. The highest BCUT2D eigenvalue weighted by Crippen LogP contribution is 2.29. The fourth-order valence-corrected chi connectivity index (χ4v) is 4.74. The predicted octanol–water partition coefficient (Wildman–Crippen LogP) is 2.22. The minimum atomic E-state index is -0.899. The molecule has 11 heteroatoms. The number of hydrogen-bond acceptors (Lipinski definition) is 8. The minimum Gasteiger partial charge on any atom is -0.465 e. The van der Waals surface area contributed by atoms with Crippen molar-refractivity contribution in [3.05, 3.63) is 24.5 Å². The Labute approximate surface area is 191 Å². The fourth-order valence-electron chi connectivity index (χ4n) is 4.74. The second-order valence-electron chi connectivity index (χ2n) is 8.83. The van der Waals surface area contributed by atoms with E-state index >= 15 is 0 Å². The van der Waals surface area contributed by atoms with Gasteiger partial charge in [0.25, 0.3) is 0 Å². The first kappa shape index (κ1) is 21.4. The Bertz CT molecular complexity index is 1140. The fraction of sp³-hybridized carbons (Fsp3) is 0.500. The molecular formula is C22H28N8O3. The van der Waals surface area contributed by atoms with Gasteiger partial charge in [-0.1, -0.05) is 0 Å². The molecule has 174 valence electrons. The lowest BCUT2D eigenvalue weighted by atomic mass is 10.1. The van der Waals surface area contributed by atoms with Gasteiger partial charge in [0.15, 0.2) is 0 Å². The molecular weight excluding hydrogens is 424 g/mol. The molecule has 33 heavy (non-hydrogen) atoms. The quantitative estimate of drug-likeness (QED) is 0.615. The molecule has 3 aromatic heterocycles. The molecule has 3 atom stereocenters. The number of carboxylic acid groups (broad SMARTS) is 1. The van der Waals surface area contributed by atoms with Gasteiger partial charge in [-0.3, -0.25) is 5.10 Å². The largest absolute Gasteiger partial charge is 0.465 e. The first-order chi connectivity index (χ1) is 15.9. The first-order valence-corrected chi connectivity index (χ1v) is 11.2. The van der Waals surface area contributed by atoms with Crippen LogP contribution in [-0.4, -0.2) is 92.2 Å². The van der Waals surface area contributed by atoms with Gasteiger partial charge < -0.3 is 24.5 Å². The van der Waals surface area contributed by atoms with Crippen LogP contribution in [0, 0.1) is 0 Å². The van der Waals surface area contributed by atoms with E-state index in [-0.39, 0.29) is 18.2 Å². The number of morpholine rings is 1. The molecule has 0 aliphatic carbocycles. The Kier molecular flexibility index (Phi) is 5.49. The van der Waals surface area contributed by atoms with Crippen LogP contribution in [0.2, 0.25) is 0 Å². The lowest BCUT2D eigenvalue weighted by Gasteiger charge is -2.43. The van der Waals surface area contributed by atoms with Crippen molar-refractivity contribution >= 4 is 28.9 Å². The van der Waals surface area contributed by atoms with Crippen LogP contribution in [0.3, 0.4) is 0 Å². The van der Waals surface area contributed by atoms with E-state index in [9.17, 15) is 9.90 Å². The molecule has 11 nitrogen and oxygen atoms in total. The minimum absolute atomic E-state index is 0.0467. The number of pyridine rings is 1. The van der Waals surface area contributed by atoms with Crippen LogP contribution in [0.1, 0.15) is 20.8 Å². The normalized spacial score (nSPS) is 23.8. The van der Waals surface area contributed by atoms with Crippen LogP contribution >= 0.6 is 0 Å². The second kappa shape index (κ2) is 8.47. The topological polar surface area (TPSA) is 124 Å². The van der Waals surface area contributed by atoms with Crippen molar-refractivity contribution in [3.63, 3.8) is 0 Å². The standard InChI is InChI=1S/C22H28N8O3/c1-13-10-29(22(31)32)11-14(2)30(13)21-24-9-17-20(25-21)19(27-26-17)16-4-5-18(23-8-16)28-6-7-33-15(3)12-28/h4-5,8-9,13-15H,6-7,10-12H2,1-3H3,(H,26,27)(H,31,32)/t13-,14+,15-/m1/s1. The van der Waals surface area contributed by atoms with Crippen LogP contribution in [-0.2, 0) is 4.74 Å². The molecule has 0 aromatic carbocycles. The Morgan fingerprint density at radius 2 is 1.91 bits per heavy atom. The number of H-pyrrole nitrogens is 1. The summed E-state index contributed by atoms with van der Waals surface area (Å²) in [6.45, 7) is 9.21. The monoisotopic (exact) mass is 452 g/mol. The number of fused-ring (bicyclic) bond motifs is 1. The number of carbonyl (C=O) groups is 1. The zero-order valence-electron chi connectivity index (χ0n) is 19.0. The predicted molar refractivity (Wildman–Crippen MR) is 124 cm³/mol. The van der Waals surface area contributed by atoms with Crippen LogP contribution in [0.4, 0.5) is 16.6 Å². The SMILES string of the molecule is C[C@@H]1CN(c2ccc(-c3n[nH]c4cnc(N5[C@H](C)CN(C(=O)O)C[C@@H]5C)nc34)cn2)CCO1. The van der Waals surface area contributed by atoms with Crippen molar-refractivity contribution < 1.29 is 14.6 Å². The van der Waals surface area contributed by atoms with Gasteiger partial charge in [-0.05, 0) is 32.9 Å². The smallest absolute Gasteiger partial charge is 0.407 e. The molecule has 1 amide bonds. The average molecular weight is 453 g/mol. The maximum absolute atomic E-state index is 11.4. The van der Waals surface area contributed by atoms with Crippen molar-refractivity contribution in [1.29, 1.82) is 0 Å². The van der Waals surface area contributed by atoms with Crippen LogP contribution in [0.5, 0.6) is 0 Å². The number of anilines is 2. The Morgan fingerprint density at radius 3 is 2.58 bits per heavy atom. The third-order valence-corrected chi connectivity index (χ3v) is 6.30. The maximum atomic E-state index is 11.4. The van der Waals surface area contributed by atoms with Crippen molar-refractivity contribution in [1.82, 2.24) is 30.0 Å². The zero-order valence-corrected chi connectivity index (χ0v) is 19.0. The van der Waals surface area contributed by atoms with Gasteiger partial charge >= 0.3 is 6.09 Å². The molecule has 0 bridgehead atoms. The summed E-state index contributed by atoms with van der Waals surface area (Å²) in [6, 6.07) is 3.92. The van der Waals surface area contributed by atoms with Crippen molar-refractivity contribution in [3.8, 4) is 11.3 Å². The number of aromatic amines is 1.